The van der Waals surface area contributed by atoms with Crippen LogP contribution in [0.3, 0.4) is 0 Å². The summed E-state index contributed by atoms with van der Waals surface area (Å²) in [6.45, 7) is 3.86. The van der Waals surface area contributed by atoms with Crippen LogP contribution in [0.25, 0.3) is 6.08 Å². The van der Waals surface area contributed by atoms with Gasteiger partial charge in [-0.3, -0.25) is 4.68 Å². The second kappa shape index (κ2) is 9.96. The number of benzene rings is 1. The normalized spacial score (nSPS) is 15.1. The Kier molecular flexibility index (Phi) is 7.36. The van der Waals surface area contributed by atoms with E-state index in [0.29, 0.717) is 48.0 Å². The van der Waals surface area contributed by atoms with Gasteiger partial charge >= 0.3 is 5.97 Å². The molecule has 1 saturated heterocycles. The van der Waals surface area contributed by atoms with Gasteiger partial charge in [0.2, 0.25) is 5.88 Å². The van der Waals surface area contributed by atoms with Crippen molar-refractivity contribution in [2.75, 3.05) is 19.8 Å². The lowest BCUT2D eigenvalue weighted by Crippen LogP contribution is -2.26. The molecule has 150 valence electrons. The number of nitrogens with zero attached hydrogens (tertiary/aromatic N) is 2. The maximum Gasteiger partial charge on any atom is 0.330 e. The molecule has 6 nitrogen and oxygen atoms in total. The molecule has 0 unspecified atom stereocenters. The van der Waals surface area contributed by atoms with E-state index in [9.17, 15) is 4.79 Å². The average Bonchev–Trinajstić information content (AvgIpc) is 3.04. The molecule has 28 heavy (non-hydrogen) atoms. The zero-order chi connectivity index (χ0) is 19.9. The van der Waals surface area contributed by atoms with Crippen LogP contribution in [0.4, 0.5) is 0 Å². The fraction of sp³-hybridized carbons (Fsp3) is 0.400. The molecule has 0 saturated carbocycles. The largest absolute Gasteiger partial charge is 0.473 e. The average molecular weight is 425 g/mol. The first kappa shape index (κ1) is 20.7. The van der Waals surface area contributed by atoms with Gasteiger partial charge < -0.3 is 14.2 Å². The molecule has 3 rings (SSSR count). The minimum atomic E-state index is -0.410. The van der Waals surface area contributed by atoms with Crippen molar-refractivity contribution in [1.82, 2.24) is 9.78 Å². The van der Waals surface area contributed by atoms with Crippen LogP contribution < -0.4 is 4.74 Å². The lowest BCUT2D eigenvalue weighted by atomic mass is 10.2. The van der Waals surface area contributed by atoms with E-state index < -0.39 is 5.97 Å². The number of hydrogen-bond acceptors (Lipinski definition) is 5. The van der Waals surface area contributed by atoms with Crippen molar-refractivity contribution in [3.63, 3.8) is 0 Å². The zero-order valence-corrected chi connectivity index (χ0v) is 17.1. The van der Waals surface area contributed by atoms with Gasteiger partial charge in [-0.05, 0) is 30.7 Å². The van der Waals surface area contributed by atoms with E-state index in [1.165, 1.54) is 6.08 Å². The molecule has 0 radical (unpaired) electrons. The van der Waals surface area contributed by atoms with Gasteiger partial charge in [0.05, 0.1) is 32.1 Å². The summed E-state index contributed by atoms with van der Waals surface area (Å²) in [7, 11) is 0. The Morgan fingerprint density at radius 3 is 2.82 bits per heavy atom. The molecule has 0 spiro atoms. The smallest absolute Gasteiger partial charge is 0.330 e. The van der Waals surface area contributed by atoms with Crippen LogP contribution in [0.1, 0.15) is 31.0 Å². The lowest BCUT2D eigenvalue weighted by molar-refractivity contribution is -0.137. The highest BCUT2D eigenvalue weighted by atomic mass is 35.5. The molecule has 1 aromatic carbocycles. The Morgan fingerprint density at radius 2 is 2.11 bits per heavy atom. The van der Waals surface area contributed by atoms with Crippen molar-refractivity contribution < 1.29 is 19.0 Å². The van der Waals surface area contributed by atoms with Crippen LogP contribution in [-0.2, 0) is 20.8 Å². The summed E-state index contributed by atoms with van der Waals surface area (Å²) >= 11 is 12.3. The van der Waals surface area contributed by atoms with Crippen molar-refractivity contribution in [2.45, 2.75) is 32.4 Å². The summed E-state index contributed by atoms with van der Waals surface area (Å²) in [6, 6.07) is 7.12. The second-order valence-corrected chi connectivity index (χ2v) is 7.16. The van der Waals surface area contributed by atoms with Gasteiger partial charge in [0.1, 0.15) is 6.10 Å². The molecule has 1 fully saturated rings. The van der Waals surface area contributed by atoms with E-state index in [0.717, 1.165) is 18.4 Å². The molecule has 0 bridgehead atoms. The van der Waals surface area contributed by atoms with E-state index in [1.807, 2.05) is 6.07 Å². The molecule has 0 N–H and O–H groups in total. The number of halogens is 2. The standard InChI is InChI=1S/C20H22Cl2N2O4/c1-2-27-20(25)6-5-16-12-19(28-17-7-9-26-10-8-17)23-24(16)13-14-3-4-15(21)11-18(14)22/h3-6,11-12,17H,2,7-10,13H2,1H3. The molecule has 0 aliphatic carbocycles. The number of carbonyl (C=O) groups excluding carboxylic acids is 1. The minimum absolute atomic E-state index is 0.0677. The molecule has 1 aromatic heterocycles. The van der Waals surface area contributed by atoms with Crippen LogP contribution in [-0.4, -0.2) is 41.7 Å². The third-order valence-electron chi connectivity index (χ3n) is 4.26. The van der Waals surface area contributed by atoms with Crippen molar-refractivity contribution in [2.24, 2.45) is 0 Å². The molecule has 2 heterocycles. The quantitative estimate of drug-likeness (QED) is 0.487. The summed E-state index contributed by atoms with van der Waals surface area (Å²) < 4.78 is 18.0. The zero-order valence-electron chi connectivity index (χ0n) is 15.6. The number of carbonyl (C=O) groups is 1. The summed E-state index contributed by atoms with van der Waals surface area (Å²) in [4.78, 5) is 11.7. The Labute approximate surface area is 174 Å². The number of esters is 1. The fourth-order valence-electron chi connectivity index (χ4n) is 2.84. The third-order valence-corrected chi connectivity index (χ3v) is 4.84. The first-order valence-electron chi connectivity index (χ1n) is 9.16. The van der Waals surface area contributed by atoms with Crippen LogP contribution in [0.5, 0.6) is 5.88 Å². The molecule has 0 atom stereocenters. The molecular weight excluding hydrogens is 403 g/mol. The number of rotatable bonds is 7. The lowest BCUT2D eigenvalue weighted by Gasteiger charge is -2.21. The third kappa shape index (κ3) is 5.74. The van der Waals surface area contributed by atoms with E-state index in [-0.39, 0.29) is 6.10 Å². The Balaban J connectivity index is 1.83. The maximum atomic E-state index is 11.7. The number of aromatic nitrogens is 2. The Hall–Kier alpha value is -2.02. The predicted octanol–water partition coefficient (Wildman–Crippen LogP) is 4.37. The van der Waals surface area contributed by atoms with E-state index in [2.05, 4.69) is 5.10 Å². The molecule has 8 heteroatoms. The minimum Gasteiger partial charge on any atom is -0.473 e. The maximum absolute atomic E-state index is 11.7. The molecule has 1 aliphatic heterocycles. The van der Waals surface area contributed by atoms with Crippen molar-refractivity contribution in [3.8, 4) is 5.88 Å². The molecule has 0 amide bonds. The highest BCUT2D eigenvalue weighted by molar-refractivity contribution is 6.35. The van der Waals surface area contributed by atoms with E-state index in [1.54, 1.807) is 35.9 Å². The fourth-order valence-corrected chi connectivity index (χ4v) is 3.31. The molecular formula is C20H22Cl2N2O4. The van der Waals surface area contributed by atoms with E-state index >= 15 is 0 Å². The topological polar surface area (TPSA) is 62.6 Å². The first-order chi connectivity index (χ1) is 13.5. The van der Waals surface area contributed by atoms with Gasteiger partial charge in [0.15, 0.2) is 0 Å². The summed E-state index contributed by atoms with van der Waals surface area (Å²) in [5.74, 6) is 0.0900. The Morgan fingerprint density at radius 1 is 1.32 bits per heavy atom. The van der Waals surface area contributed by atoms with Crippen molar-refractivity contribution in [1.29, 1.82) is 0 Å². The number of hydrogen-bond donors (Lipinski definition) is 0. The SMILES string of the molecule is CCOC(=O)C=Cc1cc(OC2CCOCC2)nn1Cc1ccc(Cl)cc1Cl. The van der Waals surface area contributed by atoms with E-state index in [4.69, 9.17) is 37.4 Å². The molecule has 2 aromatic rings. The predicted molar refractivity (Wildman–Crippen MR) is 108 cm³/mol. The van der Waals surface area contributed by atoms with Crippen LogP contribution in [0, 0.1) is 0 Å². The van der Waals surface area contributed by atoms with Crippen molar-refractivity contribution in [3.05, 3.63) is 51.6 Å². The second-order valence-electron chi connectivity index (χ2n) is 6.32. The van der Waals surface area contributed by atoms with Crippen LogP contribution >= 0.6 is 23.2 Å². The summed E-state index contributed by atoms with van der Waals surface area (Å²) in [6.07, 6.45) is 4.75. The van der Waals surface area contributed by atoms with Gasteiger partial charge in [-0.2, -0.15) is 0 Å². The van der Waals surface area contributed by atoms with Crippen molar-refractivity contribution >= 4 is 35.2 Å². The molecule has 1 aliphatic rings. The Bertz CT molecular complexity index is 845. The van der Waals surface area contributed by atoms with Gasteiger partial charge in [0.25, 0.3) is 0 Å². The van der Waals surface area contributed by atoms with Crippen LogP contribution in [0.2, 0.25) is 10.0 Å². The van der Waals surface area contributed by atoms with Crippen LogP contribution in [0.15, 0.2) is 30.3 Å². The monoisotopic (exact) mass is 424 g/mol. The van der Waals surface area contributed by atoms with Gasteiger partial charge in [-0.1, -0.05) is 29.3 Å². The summed E-state index contributed by atoms with van der Waals surface area (Å²) in [5.41, 5.74) is 1.57. The summed E-state index contributed by atoms with van der Waals surface area (Å²) in [5, 5.41) is 5.67. The highest BCUT2D eigenvalue weighted by Crippen LogP contribution is 2.24. The highest BCUT2D eigenvalue weighted by Gasteiger charge is 2.18. The first-order valence-corrected chi connectivity index (χ1v) is 9.91. The number of ether oxygens (including phenoxy) is 3. The van der Waals surface area contributed by atoms with Gasteiger partial charge in [0, 0.05) is 35.0 Å². The van der Waals surface area contributed by atoms with Gasteiger partial charge in [-0.15, -0.1) is 5.10 Å². The van der Waals surface area contributed by atoms with Gasteiger partial charge in [-0.25, -0.2) is 4.79 Å².